The Morgan fingerprint density at radius 2 is 0.839 bits per heavy atom. The van der Waals surface area contributed by atoms with Crippen molar-refractivity contribution < 1.29 is 0 Å². The molecule has 9 aliphatic rings. The molecule has 7 fully saturated rings. The van der Waals surface area contributed by atoms with Gasteiger partial charge in [-0.3, -0.25) is 0 Å². The fraction of sp³-hybridized carbons (Fsp3) is 0.311. The van der Waals surface area contributed by atoms with Gasteiger partial charge in [0.1, 0.15) is 0 Å². The molecule has 9 aliphatic carbocycles. The lowest BCUT2D eigenvalue weighted by Gasteiger charge is -2.61. The predicted octanol–water partition coefficient (Wildman–Crippen LogP) is 15.9. The number of rotatable bonds is 5. The third-order valence-electron chi connectivity index (χ3n) is 18.1. The number of fused-ring (bicyclic) bond motifs is 7. The van der Waals surface area contributed by atoms with Gasteiger partial charge >= 0.3 is 0 Å². The summed E-state index contributed by atoms with van der Waals surface area (Å²) >= 11 is 0. The van der Waals surface area contributed by atoms with Gasteiger partial charge in [-0.25, -0.2) is 0 Å². The Hall–Kier alpha value is -5.66. The van der Waals surface area contributed by atoms with Crippen molar-refractivity contribution in [3.63, 3.8) is 0 Å². The van der Waals surface area contributed by atoms with Crippen molar-refractivity contribution in [2.75, 3.05) is 4.90 Å². The highest BCUT2D eigenvalue weighted by Crippen LogP contribution is 2.70. The summed E-state index contributed by atoms with van der Waals surface area (Å²) in [5, 5.41) is 0. The summed E-state index contributed by atoms with van der Waals surface area (Å²) in [6, 6.07) is 63.8. The molecule has 0 amide bonds. The molecule has 0 aromatic heterocycles. The molecule has 16 rings (SSSR count). The van der Waals surface area contributed by atoms with Gasteiger partial charge in [-0.1, -0.05) is 128 Å². The second-order valence-electron chi connectivity index (χ2n) is 21.1. The molecule has 0 aliphatic heterocycles. The first-order chi connectivity index (χ1) is 30.5. The van der Waals surface area contributed by atoms with E-state index < -0.39 is 0 Å². The molecule has 0 unspecified atom stereocenters. The molecule has 62 heavy (non-hydrogen) atoms. The lowest BCUT2D eigenvalue weighted by molar-refractivity contribution is -0.0399. The zero-order chi connectivity index (χ0) is 40.7. The van der Waals surface area contributed by atoms with Crippen LogP contribution in [0, 0.1) is 41.4 Å². The van der Waals surface area contributed by atoms with Crippen LogP contribution in [-0.2, 0) is 10.8 Å². The average Bonchev–Trinajstić information content (AvgIpc) is 3.62. The largest absolute Gasteiger partial charge is 0.310 e. The number of hydrogen-bond donors (Lipinski definition) is 0. The summed E-state index contributed by atoms with van der Waals surface area (Å²) in [4.78, 5) is 2.62. The lowest BCUT2D eigenvalue weighted by atomic mass is 9.43. The molecule has 1 nitrogen and oxygen atoms in total. The van der Waals surface area contributed by atoms with Crippen molar-refractivity contribution in [1.82, 2.24) is 0 Å². The number of nitrogens with zero attached hydrogens (tertiary/aromatic N) is 1. The molecule has 1 heteroatoms. The van der Waals surface area contributed by atoms with E-state index in [4.69, 9.17) is 0 Å². The van der Waals surface area contributed by atoms with Crippen LogP contribution in [0.1, 0.15) is 87.0 Å². The van der Waals surface area contributed by atoms with Crippen LogP contribution in [0.3, 0.4) is 0 Å². The molecule has 7 aromatic rings. The first-order valence-corrected chi connectivity index (χ1v) is 24.1. The monoisotopic (exact) mass is 801 g/mol. The number of hydrogen-bond acceptors (Lipinski definition) is 1. The van der Waals surface area contributed by atoms with Crippen molar-refractivity contribution in [1.29, 1.82) is 0 Å². The molecule has 7 saturated carbocycles. The second kappa shape index (κ2) is 13.2. The highest BCUT2D eigenvalue weighted by Gasteiger charge is 2.61. The fourth-order valence-electron chi connectivity index (χ4n) is 15.9. The summed E-state index contributed by atoms with van der Waals surface area (Å²) < 4.78 is 0. The van der Waals surface area contributed by atoms with Gasteiger partial charge in [0.25, 0.3) is 0 Å². The van der Waals surface area contributed by atoms with Gasteiger partial charge in [0.05, 0.1) is 0 Å². The molecule has 0 radical (unpaired) electrons. The van der Waals surface area contributed by atoms with Crippen LogP contribution in [0.5, 0.6) is 0 Å². The summed E-state index contributed by atoms with van der Waals surface area (Å²) in [7, 11) is 0. The molecule has 2 atom stereocenters. The Bertz CT molecular complexity index is 2830. The van der Waals surface area contributed by atoms with E-state index in [-0.39, 0.29) is 10.8 Å². The topological polar surface area (TPSA) is 3.24 Å². The minimum Gasteiger partial charge on any atom is -0.310 e. The van der Waals surface area contributed by atoms with Gasteiger partial charge in [-0.15, -0.1) is 0 Å². The number of benzene rings is 7. The Morgan fingerprint density at radius 3 is 1.47 bits per heavy atom. The van der Waals surface area contributed by atoms with E-state index in [1.54, 1.807) is 22.3 Å². The summed E-state index contributed by atoms with van der Waals surface area (Å²) in [6.45, 7) is 2.58. The first-order valence-electron chi connectivity index (χ1n) is 24.1. The maximum Gasteiger partial charge on any atom is 0.0473 e. The van der Waals surface area contributed by atoms with E-state index >= 15 is 0 Å². The van der Waals surface area contributed by atoms with Gasteiger partial charge in [0.2, 0.25) is 0 Å². The molecule has 0 saturated heterocycles. The van der Waals surface area contributed by atoms with E-state index in [0.29, 0.717) is 5.92 Å². The summed E-state index contributed by atoms with van der Waals surface area (Å²) in [6.07, 6.45) is 12.6. The van der Waals surface area contributed by atoms with E-state index in [0.717, 1.165) is 35.5 Å². The quantitative estimate of drug-likeness (QED) is 0.168. The van der Waals surface area contributed by atoms with Crippen molar-refractivity contribution in [2.24, 2.45) is 41.4 Å². The van der Waals surface area contributed by atoms with E-state index in [2.05, 4.69) is 176 Å². The van der Waals surface area contributed by atoms with Crippen molar-refractivity contribution in [3.8, 4) is 44.5 Å². The number of anilines is 3. The van der Waals surface area contributed by atoms with Gasteiger partial charge < -0.3 is 4.90 Å². The van der Waals surface area contributed by atoms with Crippen LogP contribution >= 0.6 is 0 Å². The lowest BCUT2D eigenvalue weighted by Crippen LogP contribution is -2.55. The third kappa shape index (κ3) is 4.92. The molecule has 0 heterocycles. The summed E-state index contributed by atoms with van der Waals surface area (Å²) in [5.41, 5.74) is 21.1. The average molecular weight is 802 g/mol. The van der Waals surface area contributed by atoms with E-state index in [1.807, 2.05) is 0 Å². The van der Waals surface area contributed by atoms with Gasteiger partial charge in [-0.2, -0.15) is 0 Å². The maximum atomic E-state index is 2.62. The van der Waals surface area contributed by atoms with Crippen LogP contribution in [0.25, 0.3) is 44.5 Å². The van der Waals surface area contributed by atoms with Crippen LogP contribution in [0.15, 0.2) is 164 Å². The second-order valence-corrected chi connectivity index (χ2v) is 21.1. The molecular formula is C61H55N. The molecule has 2 spiro atoms. The summed E-state index contributed by atoms with van der Waals surface area (Å²) in [5.74, 6) is 5.72. The fourth-order valence-corrected chi connectivity index (χ4v) is 15.9. The standard InChI is InChI=1S/C61H55N/c1-38-24-39-26-42(27-39)37-60(38)56-18-10-8-16-52(56)54-35-49(20-22-57(54)60)62(51-33-45(43-12-4-2-5-13-43)32-46(34-51)44-14-6-3-7-15-44)50-21-23-59-55(36-50)53-17-9-11-19-58(53)61(59)47-28-40-25-41(30-47)31-48(61)29-40/h2-23,32-36,38-42,47-48H,24-31,37H2,1H3/t38-,39?,40?,41?,42?,47?,48?,60+,61?/m0/s1. The van der Waals surface area contributed by atoms with E-state index in [9.17, 15) is 0 Å². The highest BCUT2D eigenvalue weighted by atomic mass is 15.1. The Balaban J connectivity index is 0.998. The van der Waals surface area contributed by atoms with Crippen LogP contribution < -0.4 is 4.90 Å². The van der Waals surface area contributed by atoms with Gasteiger partial charge in [-0.05, 0) is 208 Å². The van der Waals surface area contributed by atoms with Crippen molar-refractivity contribution in [2.45, 2.75) is 75.5 Å². The molecule has 6 bridgehead atoms. The minimum absolute atomic E-state index is 0.0865. The molecule has 0 N–H and O–H groups in total. The van der Waals surface area contributed by atoms with E-state index in [1.165, 1.54) is 119 Å². The highest BCUT2D eigenvalue weighted by molar-refractivity contribution is 5.92. The predicted molar refractivity (Wildman–Crippen MR) is 256 cm³/mol. The SMILES string of the molecule is C[C@H]1CC2CC(C2)C[C@]12c1ccccc1-c1cc(N(c3cc(-c4ccccc4)cc(-c4ccccc4)c3)c3ccc4c(c3)-c3ccccc3C43C4CC5CC(C4)CC3C5)ccc12. The zero-order valence-corrected chi connectivity index (χ0v) is 35.9. The van der Waals surface area contributed by atoms with Gasteiger partial charge in [0.15, 0.2) is 0 Å². The van der Waals surface area contributed by atoms with Crippen LogP contribution in [0.4, 0.5) is 17.1 Å². The van der Waals surface area contributed by atoms with Crippen molar-refractivity contribution in [3.05, 3.63) is 186 Å². The normalized spacial score (nSPS) is 30.0. The Morgan fingerprint density at radius 1 is 0.371 bits per heavy atom. The van der Waals surface area contributed by atoms with Gasteiger partial charge in [0, 0.05) is 27.9 Å². The molecule has 304 valence electrons. The first kappa shape index (κ1) is 35.9. The molecule has 7 aromatic carbocycles. The smallest absolute Gasteiger partial charge is 0.0473 e. The zero-order valence-electron chi connectivity index (χ0n) is 35.9. The maximum absolute atomic E-state index is 2.62. The Kier molecular flexibility index (Phi) is 7.63. The third-order valence-corrected chi connectivity index (χ3v) is 18.1. The van der Waals surface area contributed by atoms with Crippen LogP contribution in [0.2, 0.25) is 0 Å². The van der Waals surface area contributed by atoms with Crippen molar-refractivity contribution >= 4 is 17.1 Å². The Labute approximate surface area is 367 Å². The van der Waals surface area contributed by atoms with Crippen LogP contribution in [-0.4, -0.2) is 0 Å². The minimum atomic E-state index is 0.0865. The molecular weight excluding hydrogens is 747 g/mol.